The molecule has 0 amide bonds. The molecule has 1 aromatic heterocycles. The molecular weight excluding hydrogens is 278 g/mol. The van der Waals surface area contributed by atoms with Gasteiger partial charge in [-0.3, -0.25) is 0 Å². The van der Waals surface area contributed by atoms with Gasteiger partial charge in [-0.2, -0.15) is 16.1 Å². The maximum absolute atomic E-state index is 12.3. The first-order chi connectivity index (χ1) is 8.05. The average Bonchev–Trinajstić information content (AvgIpc) is 2.98. The molecule has 7 heteroatoms. The summed E-state index contributed by atoms with van der Waals surface area (Å²) in [5.41, 5.74) is 0. The van der Waals surface area contributed by atoms with Crippen LogP contribution in [0.5, 0.6) is 0 Å². The number of hydrogen-bond acceptors (Lipinski definition) is 5. The van der Waals surface area contributed by atoms with Crippen molar-refractivity contribution in [1.29, 1.82) is 0 Å². The molecule has 1 saturated heterocycles. The van der Waals surface area contributed by atoms with E-state index in [9.17, 15) is 8.42 Å². The Hall–Kier alpha value is -0.0800. The van der Waals surface area contributed by atoms with E-state index in [1.165, 1.54) is 4.31 Å². The van der Waals surface area contributed by atoms with Gasteiger partial charge in [0.1, 0.15) is 4.21 Å². The monoisotopic (exact) mass is 293 g/mol. The predicted octanol–water partition coefficient (Wildman–Crippen LogP) is 1.37. The van der Waals surface area contributed by atoms with E-state index >= 15 is 0 Å². The molecule has 17 heavy (non-hydrogen) atoms. The third kappa shape index (κ3) is 2.68. The molecule has 1 atom stereocenters. The van der Waals surface area contributed by atoms with Gasteiger partial charge >= 0.3 is 0 Å². The quantitative estimate of drug-likeness (QED) is 0.911. The van der Waals surface area contributed by atoms with E-state index in [4.69, 9.17) is 5.11 Å². The van der Waals surface area contributed by atoms with Gasteiger partial charge in [-0.25, -0.2) is 8.42 Å². The molecule has 0 bridgehead atoms. The van der Waals surface area contributed by atoms with Gasteiger partial charge in [-0.1, -0.05) is 0 Å². The highest BCUT2D eigenvalue weighted by Crippen LogP contribution is 2.29. The van der Waals surface area contributed by atoms with Crippen LogP contribution in [0.3, 0.4) is 0 Å². The van der Waals surface area contributed by atoms with E-state index in [1.807, 2.05) is 0 Å². The van der Waals surface area contributed by atoms with E-state index in [1.54, 1.807) is 30.9 Å². The van der Waals surface area contributed by atoms with Gasteiger partial charge in [-0.15, -0.1) is 11.3 Å². The maximum Gasteiger partial charge on any atom is 0.252 e. The Morgan fingerprint density at radius 2 is 2.29 bits per heavy atom. The number of nitrogens with zero attached hydrogens (tertiary/aromatic N) is 1. The predicted molar refractivity (Wildman–Crippen MR) is 70.9 cm³/mol. The van der Waals surface area contributed by atoms with Crippen LogP contribution in [0, 0.1) is 0 Å². The van der Waals surface area contributed by atoms with E-state index in [2.05, 4.69) is 0 Å². The number of thiophene rings is 1. The van der Waals surface area contributed by atoms with Crippen molar-refractivity contribution in [2.75, 3.05) is 18.6 Å². The van der Waals surface area contributed by atoms with Crippen molar-refractivity contribution < 1.29 is 13.5 Å². The van der Waals surface area contributed by atoms with Crippen LogP contribution in [0.4, 0.5) is 0 Å². The fraction of sp³-hybridized carbons (Fsp3) is 0.600. The van der Waals surface area contributed by atoms with Crippen LogP contribution in [0.2, 0.25) is 0 Å². The molecule has 1 aromatic rings. The second kappa shape index (κ2) is 5.27. The number of rotatable bonds is 4. The van der Waals surface area contributed by atoms with Crippen LogP contribution >= 0.6 is 23.1 Å². The maximum atomic E-state index is 12.3. The van der Waals surface area contributed by atoms with Crippen LogP contribution in [-0.4, -0.2) is 42.4 Å². The van der Waals surface area contributed by atoms with E-state index in [0.29, 0.717) is 9.09 Å². The number of sulfonamides is 1. The molecule has 4 nitrogen and oxygen atoms in total. The van der Waals surface area contributed by atoms with Crippen molar-refractivity contribution in [2.45, 2.75) is 23.3 Å². The summed E-state index contributed by atoms with van der Waals surface area (Å²) in [6.07, 6.45) is 0.915. The van der Waals surface area contributed by atoms with Crippen LogP contribution in [-0.2, 0) is 16.6 Å². The van der Waals surface area contributed by atoms with Crippen molar-refractivity contribution in [3.8, 4) is 0 Å². The summed E-state index contributed by atoms with van der Waals surface area (Å²) in [6.45, 7) is -0.108. The number of hydrogen-bond donors (Lipinski definition) is 1. The van der Waals surface area contributed by atoms with Crippen LogP contribution < -0.4 is 0 Å². The molecule has 1 unspecified atom stereocenters. The first-order valence-electron chi connectivity index (χ1n) is 5.31. The zero-order valence-corrected chi connectivity index (χ0v) is 11.9. The Morgan fingerprint density at radius 1 is 1.53 bits per heavy atom. The summed E-state index contributed by atoms with van der Waals surface area (Å²) in [5, 5.41) is 8.97. The smallest absolute Gasteiger partial charge is 0.252 e. The van der Waals surface area contributed by atoms with Crippen molar-refractivity contribution in [3.05, 3.63) is 17.0 Å². The van der Waals surface area contributed by atoms with Crippen molar-refractivity contribution in [1.82, 2.24) is 4.31 Å². The van der Waals surface area contributed by atoms with Crippen LogP contribution in [0.15, 0.2) is 16.3 Å². The third-order valence-electron chi connectivity index (χ3n) is 2.85. The summed E-state index contributed by atoms with van der Waals surface area (Å²) >= 11 is 2.93. The van der Waals surface area contributed by atoms with Gasteiger partial charge in [0.2, 0.25) is 0 Å². The molecule has 0 spiro atoms. The molecule has 1 fully saturated rings. The standard InChI is InChI=1S/C10H15NO3S3/c1-11(8-4-5-15-7-8)17(13,14)10-3-2-9(6-12)16-10/h2-3,8,12H,4-7H2,1H3. The number of thioether (sulfide) groups is 1. The molecular formula is C10H15NO3S3. The second-order valence-corrected chi connectivity index (χ2v) is 8.46. The fourth-order valence-electron chi connectivity index (χ4n) is 1.73. The average molecular weight is 293 g/mol. The first-order valence-corrected chi connectivity index (χ1v) is 8.72. The van der Waals surface area contributed by atoms with Crippen molar-refractivity contribution >= 4 is 33.1 Å². The molecule has 0 aliphatic carbocycles. The molecule has 1 aliphatic rings. The fourth-order valence-corrected chi connectivity index (χ4v) is 5.88. The van der Waals surface area contributed by atoms with Crippen LogP contribution in [0.25, 0.3) is 0 Å². The highest BCUT2D eigenvalue weighted by molar-refractivity contribution is 7.99. The van der Waals surface area contributed by atoms with E-state index < -0.39 is 10.0 Å². The van der Waals surface area contributed by atoms with Gasteiger partial charge in [-0.05, 0) is 24.3 Å². The van der Waals surface area contributed by atoms with Gasteiger partial charge in [0, 0.05) is 23.7 Å². The van der Waals surface area contributed by atoms with Gasteiger partial charge in [0.05, 0.1) is 6.61 Å². The topological polar surface area (TPSA) is 57.6 Å². The Kier molecular flexibility index (Phi) is 4.14. The highest BCUT2D eigenvalue weighted by Gasteiger charge is 2.31. The molecule has 0 radical (unpaired) electrons. The SMILES string of the molecule is CN(C1CCSC1)S(=O)(=O)c1ccc(CO)s1. The summed E-state index contributed by atoms with van der Waals surface area (Å²) in [4.78, 5) is 0.678. The first kappa shape index (κ1) is 13.4. The Morgan fingerprint density at radius 3 is 2.82 bits per heavy atom. The summed E-state index contributed by atoms with van der Waals surface area (Å²) in [6, 6.07) is 3.34. The van der Waals surface area contributed by atoms with Gasteiger partial charge in [0.15, 0.2) is 0 Å². The summed E-state index contributed by atoms with van der Waals surface area (Å²) < 4.78 is 26.4. The Balaban J connectivity index is 2.22. The molecule has 2 heterocycles. The lowest BCUT2D eigenvalue weighted by Crippen LogP contribution is -2.36. The lowest BCUT2D eigenvalue weighted by atomic mass is 10.3. The van der Waals surface area contributed by atoms with E-state index in [0.717, 1.165) is 29.3 Å². The molecule has 96 valence electrons. The third-order valence-corrected chi connectivity index (χ3v) is 7.44. The van der Waals surface area contributed by atoms with Gasteiger partial charge < -0.3 is 5.11 Å². The Bertz CT molecular complexity index is 477. The zero-order valence-electron chi connectivity index (χ0n) is 9.50. The van der Waals surface area contributed by atoms with Gasteiger partial charge in [0.25, 0.3) is 10.0 Å². The minimum atomic E-state index is -3.38. The lowest BCUT2D eigenvalue weighted by molar-refractivity contribution is 0.285. The highest BCUT2D eigenvalue weighted by atomic mass is 32.2. The molecule has 1 N–H and O–H groups in total. The van der Waals surface area contributed by atoms with Crippen LogP contribution in [0.1, 0.15) is 11.3 Å². The zero-order chi connectivity index (χ0) is 12.5. The number of aliphatic hydroxyl groups excluding tert-OH is 1. The minimum absolute atomic E-state index is 0.102. The molecule has 0 aromatic carbocycles. The summed E-state index contributed by atoms with van der Waals surface area (Å²) in [7, 11) is -1.74. The lowest BCUT2D eigenvalue weighted by Gasteiger charge is -2.22. The van der Waals surface area contributed by atoms with Crippen molar-refractivity contribution in [2.24, 2.45) is 0 Å². The molecule has 2 rings (SSSR count). The largest absolute Gasteiger partial charge is 0.391 e. The van der Waals surface area contributed by atoms with E-state index in [-0.39, 0.29) is 12.6 Å². The molecule has 0 saturated carbocycles. The minimum Gasteiger partial charge on any atom is -0.391 e. The number of aliphatic hydroxyl groups is 1. The van der Waals surface area contributed by atoms with Crippen molar-refractivity contribution in [3.63, 3.8) is 0 Å². The second-order valence-electron chi connectivity index (χ2n) is 3.92. The molecule has 1 aliphatic heterocycles. The summed E-state index contributed by atoms with van der Waals surface area (Å²) in [5.74, 6) is 1.89. The Labute approximate surface area is 110 Å². The normalized spacial score (nSPS) is 21.2.